The number of fused-ring (bicyclic) bond motifs is 1. The van der Waals surface area contributed by atoms with Gasteiger partial charge in [0.05, 0.1) is 27.7 Å². The molecule has 2 amide bonds. The number of anilines is 3. The van der Waals surface area contributed by atoms with Gasteiger partial charge in [-0.25, -0.2) is 9.97 Å². The number of carbonyl (C=O) groups is 2. The fourth-order valence-electron chi connectivity index (χ4n) is 5.30. The summed E-state index contributed by atoms with van der Waals surface area (Å²) in [7, 11) is 0. The summed E-state index contributed by atoms with van der Waals surface area (Å²) in [5, 5.41) is 19.9. The van der Waals surface area contributed by atoms with Crippen molar-refractivity contribution in [1.82, 2.24) is 34.0 Å². The van der Waals surface area contributed by atoms with E-state index in [1.165, 1.54) is 15.8 Å². The van der Waals surface area contributed by atoms with Crippen LogP contribution in [-0.2, 0) is 23.9 Å². The Morgan fingerprint density at radius 2 is 1.85 bits per heavy atom. The summed E-state index contributed by atoms with van der Waals surface area (Å²) < 4.78 is 42.0. The van der Waals surface area contributed by atoms with Gasteiger partial charge >= 0.3 is 6.18 Å². The Morgan fingerprint density at radius 3 is 2.50 bits per heavy atom. The predicted octanol–water partition coefficient (Wildman–Crippen LogP) is 3.57. The first-order valence-electron chi connectivity index (χ1n) is 14.9. The third kappa shape index (κ3) is 7.11. The van der Waals surface area contributed by atoms with E-state index in [2.05, 4.69) is 30.7 Å². The zero-order valence-electron chi connectivity index (χ0n) is 25.8. The molecule has 0 aliphatic carbocycles. The molecule has 0 atom stereocenters. The van der Waals surface area contributed by atoms with Crippen LogP contribution in [0.15, 0.2) is 29.3 Å². The highest BCUT2D eigenvalue weighted by atomic mass is 35.5. The first-order valence-corrected chi connectivity index (χ1v) is 15.8. The highest BCUT2D eigenvalue weighted by molar-refractivity contribution is 6.33. The van der Waals surface area contributed by atoms with Gasteiger partial charge in [-0.15, -0.1) is 16.7 Å². The molecule has 0 bridgehead atoms. The molecule has 3 N–H and O–H groups in total. The van der Waals surface area contributed by atoms with Crippen molar-refractivity contribution in [3.63, 3.8) is 0 Å². The summed E-state index contributed by atoms with van der Waals surface area (Å²) in [5.74, 6) is -0.849. The van der Waals surface area contributed by atoms with Gasteiger partial charge in [-0.1, -0.05) is 18.5 Å². The van der Waals surface area contributed by atoms with Crippen molar-refractivity contribution < 1.29 is 27.9 Å². The molecule has 14 nitrogen and oxygen atoms in total. The maximum atomic E-state index is 14.0. The molecule has 1 fully saturated rings. The number of benzene rings is 1. The van der Waals surface area contributed by atoms with Crippen molar-refractivity contribution in [3.05, 3.63) is 62.5 Å². The van der Waals surface area contributed by atoms with Gasteiger partial charge in [0.2, 0.25) is 17.6 Å². The van der Waals surface area contributed by atoms with Crippen molar-refractivity contribution in [2.75, 3.05) is 54.1 Å². The molecule has 256 valence electrons. The number of hydrogen-bond donors (Lipinski definition) is 3. The second kappa shape index (κ2) is 14.2. The maximum absolute atomic E-state index is 14.0. The Hall–Kier alpha value is -4.64. The number of alkyl halides is 4. The number of amides is 2. The fraction of sp³-hybridized carbons (Fsp3) is 0.414. The zero-order chi connectivity index (χ0) is 34.7. The van der Waals surface area contributed by atoms with Crippen molar-refractivity contribution in [1.29, 1.82) is 0 Å². The molecule has 48 heavy (non-hydrogen) atoms. The number of piperazine rings is 1. The summed E-state index contributed by atoms with van der Waals surface area (Å²) in [6.07, 6.45) is -2.54. The Kier molecular flexibility index (Phi) is 10.3. The van der Waals surface area contributed by atoms with Crippen LogP contribution in [0.4, 0.5) is 30.5 Å². The van der Waals surface area contributed by atoms with Crippen LogP contribution in [0.1, 0.15) is 40.8 Å². The molecule has 0 radical (unpaired) electrons. The van der Waals surface area contributed by atoms with Gasteiger partial charge in [-0.3, -0.25) is 14.4 Å². The van der Waals surface area contributed by atoms with E-state index in [1.54, 1.807) is 18.7 Å². The Labute approximate surface area is 281 Å². The predicted molar refractivity (Wildman–Crippen MR) is 172 cm³/mol. The van der Waals surface area contributed by atoms with E-state index in [1.807, 2.05) is 0 Å². The lowest BCUT2D eigenvalue weighted by Crippen LogP contribution is -2.51. The molecule has 5 rings (SSSR count). The van der Waals surface area contributed by atoms with Crippen LogP contribution in [0.5, 0.6) is 5.75 Å². The molecule has 1 saturated heterocycles. The first-order chi connectivity index (χ1) is 22.8. The monoisotopic (exact) mass is 710 g/mol. The van der Waals surface area contributed by atoms with Crippen LogP contribution in [0.3, 0.4) is 0 Å². The first kappa shape index (κ1) is 34.7. The molecule has 4 aromatic rings. The molecule has 1 aromatic carbocycles. The van der Waals surface area contributed by atoms with Gasteiger partial charge in [0.1, 0.15) is 18.6 Å². The van der Waals surface area contributed by atoms with Crippen LogP contribution >= 0.6 is 23.2 Å². The lowest BCUT2D eigenvalue weighted by molar-refractivity contribution is -0.137. The van der Waals surface area contributed by atoms with E-state index >= 15 is 0 Å². The minimum atomic E-state index is -4.61. The zero-order valence-corrected chi connectivity index (χ0v) is 27.3. The fourth-order valence-corrected chi connectivity index (χ4v) is 5.67. The van der Waals surface area contributed by atoms with Gasteiger partial charge in [-0.05, 0) is 38.0 Å². The smallest absolute Gasteiger partial charge is 0.416 e. The van der Waals surface area contributed by atoms with E-state index < -0.39 is 29.1 Å². The van der Waals surface area contributed by atoms with E-state index in [4.69, 9.17) is 23.2 Å². The van der Waals surface area contributed by atoms with Crippen molar-refractivity contribution in [2.24, 2.45) is 0 Å². The van der Waals surface area contributed by atoms with Crippen molar-refractivity contribution in [3.8, 4) is 5.75 Å². The maximum Gasteiger partial charge on any atom is 0.416 e. The Bertz CT molecular complexity index is 1910. The van der Waals surface area contributed by atoms with Crippen LogP contribution in [0.2, 0.25) is 5.02 Å². The number of halogens is 5. The van der Waals surface area contributed by atoms with Gasteiger partial charge < -0.3 is 30.1 Å². The summed E-state index contributed by atoms with van der Waals surface area (Å²) >= 11 is 11.9. The number of nitrogens with zero attached hydrogens (tertiary/aromatic N) is 8. The molecule has 0 unspecified atom stereocenters. The molecule has 1 aliphatic rings. The number of aromatic hydroxyl groups is 1. The Balaban J connectivity index is 1.47. The average molecular weight is 712 g/mol. The van der Waals surface area contributed by atoms with E-state index in [0.29, 0.717) is 24.5 Å². The van der Waals surface area contributed by atoms with E-state index in [0.717, 1.165) is 22.7 Å². The van der Waals surface area contributed by atoms with Crippen LogP contribution in [0, 0.1) is 6.92 Å². The van der Waals surface area contributed by atoms with Crippen molar-refractivity contribution >= 4 is 58.1 Å². The number of aromatic nitrogens is 6. The largest absolute Gasteiger partial charge is 0.504 e. The second-order valence-corrected chi connectivity index (χ2v) is 11.6. The third-order valence-electron chi connectivity index (χ3n) is 7.72. The molecule has 19 heteroatoms. The topological polar surface area (TPSA) is 163 Å². The molecule has 4 heterocycles. The lowest BCUT2D eigenvalue weighted by Gasteiger charge is -2.36. The molecule has 0 spiro atoms. The minimum Gasteiger partial charge on any atom is -0.504 e. The number of carbonyl (C=O) groups excluding carboxylic acids is 2. The molecule has 1 aliphatic heterocycles. The molecule has 3 aromatic heterocycles. The summed E-state index contributed by atoms with van der Waals surface area (Å²) in [4.78, 5) is 56.1. The van der Waals surface area contributed by atoms with Gasteiger partial charge in [0.25, 0.3) is 11.5 Å². The van der Waals surface area contributed by atoms with Crippen LogP contribution < -0.4 is 21.1 Å². The van der Waals surface area contributed by atoms with E-state index in [-0.39, 0.29) is 84.4 Å². The summed E-state index contributed by atoms with van der Waals surface area (Å²) in [6, 6.07) is 2.60. The van der Waals surface area contributed by atoms with Crippen LogP contribution in [0.25, 0.3) is 5.78 Å². The van der Waals surface area contributed by atoms with Crippen LogP contribution in [-0.4, -0.2) is 89.6 Å². The van der Waals surface area contributed by atoms with Gasteiger partial charge in [0.15, 0.2) is 11.4 Å². The van der Waals surface area contributed by atoms with Crippen molar-refractivity contribution in [2.45, 2.75) is 39.4 Å². The highest BCUT2D eigenvalue weighted by Gasteiger charge is 2.32. The van der Waals surface area contributed by atoms with E-state index in [9.17, 15) is 32.7 Å². The SMILES string of the molecule is CCc1c(N2CCN(C(=O)c3ncnc(C)c3O)CC2)c(=O)n2nc(NCCCCl)nc2n1CC(=O)Nc1ccc(C(F)(F)F)cc1Cl. The number of aryl methyl sites for hydroxylation is 1. The standard InChI is InChI=1S/C29H31Cl2F3N10O4/c1-3-20-23(41-9-11-42(12-10-41)25(47)22-24(46)16(2)36-15-37-22)26(48)44-28(39-27(40-44)35-8-4-7-30)43(20)14-21(45)38-19-6-5-17(13-18(19)31)29(32,33)34/h5-6,13,15,46H,3-4,7-12,14H2,1-2H3,(H,35,40)(H,38,45). The lowest BCUT2D eigenvalue weighted by atomic mass is 10.2. The van der Waals surface area contributed by atoms with Gasteiger partial charge in [0, 0.05) is 38.6 Å². The third-order valence-corrected chi connectivity index (χ3v) is 8.30. The average Bonchev–Trinajstić information content (AvgIpc) is 3.48. The minimum absolute atomic E-state index is 0.0272. The Morgan fingerprint density at radius 1 is 1.12 bits per heavy atom. The molecule has 0 saturated carbocycles. The molecular formula is C29H31Cl2F3N10O4. The highest BCUT2D eigenvalue weighted by Crippen LogP contribution is 2.34. The summed E-state index contributed by atoms with van der Waals surface area (Å²) in [5.41, 5.74) is -0.645. The number of nitrogens with one attached hydrogen (secondary N) is 2. The van der Waals surface area contributed by atoms with Gasteiger partial charge in [-0.2, -0.15) is 22.7 Å². The normalized spacial score (nSPS) is 13.6. The summed E-state index contributed by atoms with van der Waals surface area (Å²) in [6.45, 7) is 4.23. The quantitative estimate of drug-likeness (QED) is 0.164. The number of hydrogen-bond acceptors (Lipinski definition) is 10. The number of rotatable bonds is 10. The second-order valence-electron chi connectivity index (χ2n) is 10.8. The molecular weight excluding hydrogens is 680 g/mol.